The molecule has 238 valence electrons. The van der Waals surface area contributed by atoms with Crippen molar-refractivity contribution in [3.8, 4) is 16.9 Å². The first-order chi connectivity index (χ1) is 21.3. The minimum absolute atomic E-state index is 0. The van der Waals surface area contributed by atoms with Crippen LogP contribution in [0.2, 0.25) is 0 Å². The number of hydrogen-bond donors (Lipinski definition) is 1. The van der Waals surface area contributed by atoms with Gasteiger partial charge in [0.1, 0.15) is 5.82 Å². The smallest absolute Gasteiger partial charge is 0.550 e. The molecule has 4 aromatic rings. The van der Waals surface area contributed by atoms with Crippen molar-refractivity contribution in [2.75, 3.05) is 13.7 Å². The van der Waals surface area contributed by atoms with E-state index in [0.717, 1.165) is 21.3 Å². The van der Waals surface area contributed by atoms with Crippen LogP contribution >= 0.6 is 0 Å². The molecule has 1 aromatic heterocycles. The molecule has 0 aliphatic carbocycles. The van der Waals surface area contributed by atoms with Crippen molar-refractivity contribution < 1.29 is 66.1 Å². The quantitative estimate of drug-likeness (QED) is 0.140. The van der Waals surface area contributed by atoms with Crippen molar-refractivity contribution in [2.24, 2.45) is 0 Å². The summed E-state index contributed by atoms with van der Waals surface area (Å²) in [6.45, 7) is 0.113. The SMILES string of the molecule is COc1cccc(-c2c(C)n(Cc3c(F)cccc3C(F)(F)F)c(=O)n(CC(NCCCC(=O)[O-])c3ccccc3)c2=O)c1F.[Na+]. The number of benzene rings is 3. The molecular weight excluding hydrogens is 624 g/mol. The Balaban J connectivity index is 0.00000576. The summed E-state index contributed by atoms with van der Waals surface area (Å²) in [5, 5.41) is 14.0. The van der Waals surface area contributed by atoms with Crippen LogP contribution in [-0.2, 0) is 24.1 Å². The van der Waals surface area contributed by atoms with Crippen molar-refractivity contribution in [2.45, 2.75) is 45.1 Å². The van der Waals surface area contributed by atoms with E-state index in [9.17, 15) is 37.1 Å². The minimum atomic E-state index is -4.96. The molecule has 8 nitrogen and oxygen atoms in total. The Morgan fingerprint density at radius 3 is 2.28 bits per heavy atom. The Kier molecular flexibility index (Phi) is 12.5. The summed E-state index contributed by atoms with van der Waals surface area (Å²) in [6.07, 6.45) is -5.05. The fourth-order valence-electron chi connectivity index (χ4n) is 5.13. The molecule has 1 heterocycles. The van der Waals surface area contributed by atoms with Gasteiger partial charge in [0, 0.05) is 22.8 Å². The van der Waals surface area contributed by atoms with Crippen LogP contribution < -0.4 is 56.0 Å². The Morgan fingerprint density at radius 2 is 1.65 bits per heavy atom. The number of hydrogen-bond acceptors (Lipinski definition) is 6. The number of rotatable bonds is 12. The zero-order valence-corrected chi connectivity index (χ0v) is 27.3. The summed E-state index contributed by atoms with van der Waals surface area (Å²) >= 11 is 0. The molecule has 0 fully saturated rings. The second-order valence-electron chi connectivity index (χ2n) is 10.2. The van der Waals surface area contributed by atoms with E-state index in [-0.39, 0.29) is 78.1 Å². The van der Waals surface area contributed by atoms with Gasteiger partial charge in [-0.1, -0.05) is 48.5 Å². The van der Waals surface area contributed by atoms with E-state index in [1.54, 1.807) is 30.3 Å². The Labute approximate surface area is 282 Å². The maximum absolute atomic E-state index is 15.6. The molecule has 0 spiro atoms. The van der Waals surface area contributed by atoms with Crippen LogP contribution in [0.1, 0.15) is 41.3 Å². The van der Waals surface area contributed by atoms with E-state index >= 15 is 4.39 Å². The number of nitrogens with one attached hydrogen (secondary N) is 1. The van der Waals surface area contributed by atoms with E-state index in [1.807, 2.05) is 0 Å². The molecule has 1 N–H and O–H groups in total. The number of carboxylic acids is 1. The molecule has 0 aliphatic heterocycles. The first-order valence-corrected chi connectivity index (χ1v) is 13.8. The second kappa shape index (κ2) is 15.7. The number of aliphatic carboxylic acids is 1. The van der Waals surface area contributed by atoms with Crippen LogP contribution in [0.25, 0.3) is 11.1 Å². The molecule has 0 radical (unpaired) electrons. The van der Waals surface area contributed by atoms with Crippen LogP contribution in [0.5, 0.6) is 5.75 Å². The van der Waals surface area contributed by atoms with E-state index in [1.165, 1.54) is 32.2 Å². The number of alkyl halides is 3. The summed E-state index contributed by atoms with van der Waals surface area (Å²) in [6, 6.07) is 14.1. The largest absolute Gasteiger partial charge is 1.00 e. The predicted molar refractivity (Wildman–Crippen MR) is 154 cm³/mol. The van der Waals surface area contributed by atoms with Crippen LogP contribution in [0, 0.1) is 18.6 Å². The first kappa shape index (κ1) is 36.7. The Bertz CT molecular complexity index is 1810. The van der Waals surface area contributed by atoms with Gasteiger partial charge in [0.25, 0.3) is 5.56 Å². The molecule has 0 saturated heterocycles. The van der Waals surface area contributed by atoms with E-state index in [2.05, 4.69) is 5.32 Å². The normalized spacial score (nSPS) is 12.0. The Hall–Kier alpha value is -3.78. The van der Waals surface area contributed by atoms with E-state index < -0.39 is 58.7 Å². The van der Waals surface area contributed by atoms with Gasteiger partial charge in [-0.25, -0.2) is 13.6 Å². The number of aromatic nitrogens is 2. The van der Waals surface area contributed by atoms with Gasteiger partial charge in [0.2, 0.25) is 0 Å². The number of carbonyl (C=O) groups excluding carboxylic acids is 1. The number of halogens is 5. The number of carbonyl (C=O) groups is 1. The molecule has 0 amide bonds. The Morgan fingerprint density at radius 1 is 0.978 bits per heavy atom. The molecule has 0 aliphatic rings. The molecular formula is C32H29F5N3NaO5. The van der Waals surface area contributed by atoms with Gasteiger partial charge in [-0.3, -0.25) is 13.9 Å². The van der Waals surface area contributed by atoms with Crippen LogP contribution in [0.15, 0.2) is 76.3 Å². The van der Waals surface area contributed by atoms with Gasteiger partial charge in [0.15, 0.2) is 11.6 Å². The summed E-state index contributed by atoms with van der Waals surface area (Å²) in [4.78, 5) is 38.9. The van der Waals surface area contributed by atoms with Crippen LogP contribution in [0.4, 0.5) is 22.0 Å². The molecule has 4 rings (SSSR count). The number of methoxy groups -OCH3 is 1. The summed E-state index contributed by atoms with van der Waals surface area (Å²) in [5.41, 5.74) is -4.34. The fourth-order valence-corrected chi connectivity index (χ4v) is 5.13. The van der Waals surface area contributed by atoms with Gasteiger partial charge < -0.3 is 20.0 Å². The number of carboxylic acid groups (broad SMARTS) is 1. The van der Waals surface area contributed by atoms with Crippen molar-refractivity contribution in [3.05, 3.63) is 122 Å². The number of nitrogens with zero attached hydrogens (tertiary/aromatic N) is 2. The molecule has 14 heteroatoms. The fraction of sp³-hybridized carbons (Fsp3) is 0.281. The van der Waals surface area contributed by atoms with Crippen molar-refractivity contribution in [3.63, 3.8) is 0 Å². The molecule has 0 bridgehead atoms. The minimum Gasteiger partial charge on any atom is -0.550 e. The molecule has 1 unspecified atom stereocenters. The van der Waals surface area contributed by atoms with Crippen LogP contribution in [-0.4, -0.2) is 28.8 Å². The van der Waals surface area contributed by atoms with E-state index in [0.29, 0.717) is 11.6 Å². The van der Waals surface area contributed by atoms with Crippen molar-refractivity contribution in [1.29, 1.82) is 0 Å². The summed E-state index contributed by atoms with van der Waals surface area (Å²) in [5.74, 6) is -3.65. The summed E-state index contributed by atoms with van der Waals surface area (Å²) in [7, 11) is 1.21. The van der Waals surface area contributed by atoms with Gasteiger partial charge in [0.05, 0.1) is 37.4 Å². The third-order valence-corrected chi connectivity index (χ3v) is 7.40. The monoisotopic (exact) mass is 653 g/mol. The topological polar surface area (TPSA) is 105 Å². The number of ether oxygens (including phenoxy) is 1. The van der Waals surface area contributed by atoms with E-state index in [4.69, 9.17) is 4.74 Å². The predicted octanol–water partition coefficient (Wildman–Crippen LogP) is 1.20. The summed E-state index contributed by atoms with van der Waals surface area (Å²) < 4.78 is 78.8. The van der Waals surface area contributed by atoms with Gasteiger partial charge in [-0.15, -0.1) is 0 Å². The molecule has 1 atom stereocenters. The maximum Gasteiger partial charge on any atom is 1.00 e. The van der Waals surface area contributed by atoms with Crippen LogP contribution in [0.3, 0.4) is 0 Å². The van der Waals surface area contributed by atoms with Crippen molar-refractivity contribution in [1.82, 2.24) is 14.5 Å². The standard InChI is InChI=1S/C32H30F5N3O5.Na/c1-19-28(21-11-6-14-26(45-2)29(21)34)30(43)40(18-25(20-9-4-3-5-10-20)38-16-8-15-27(41)42)31(44)39(19)17-22-23(32(35,36)37)12-7-13-24(22)33;/h3-7,9-14,25,38H,8,15-18H2,1-2H3,(H,41,42);/q;+1/p-1. The van der Waals surface area contributed by atoms with Crippen molar-refractivity contribution >= 4 is 5.97 Å². The molecule has 46 heavy (non-hydrogen) atoms. The zero-order valence-electron chi connectivity index (χ0n) is 25.3. The first-order valence-electron chi connectivity index (χ1n) is 13.8. The average Bonchev–Trinajstić information content (AvgIpc) is 2.99. The average molecular weight is 654 g/mol. The van der Waals surface area contributed by atoms with Gasteiger partial charge in [-0.2, -0.15) is 13.2 Å². The molecule has 3 aromatic carbocycles. The maximum atomic E-state index is 15.6. The zero-order chi connectivity index (χ0) is 32.9. The third-order valence-electron chi connectivity index (χ3n) is 7.40. The molecule has 0 saturated carbocycles. The third kappa shape index (κ3) is 8.13. The second-order valence-corrected chi connectivity index (χ2v) is 10.2. The van der Waals surface area contributed by atoms with Gasteiger partial charge >= 0.3 is 41.4 Å². The van der Waals surface area contributed by atoms with Gasteiger partial charge in [-0.05, 0) is 50.1 Å².